The van der Waals surface area contributed by atoms with E-state index in [0.717, 1.165) is 44.4 Å². The zero-order valence-corrected chi connectivity index (χ0v) is 13.7. The maximum Gasteiger partial charge on any atom is 0.169 e. The molecule has 0 aromatic carbocycles. The molecule has 0 radical (unpaired) electrons. The molecule has 2 rings (SSSR count). The Morgan fingerprint density at radius 2 is 2.11 bits per heavy atom. The van der Waals surface area contributed by atoms with Crippen LogP contribution in [0.1, 0.15) is 11.8 Å². The number of hydrogen-bond donors (Lipinski definition) is 1. The van der Waals surface area contributed by atoms with Crippen LogP contribution in [0.3, 0.4) is 0 Å². The van der Waals surface area contributed by atoms with Crippen molar-refractivity contribution < 1.29 is 0 Å². The lowest BCUT2D eigenvalue weighted by molar-refractivity contribution is 0.176. The first-order valence-electron chi connectivity index (χ1n) is 6.18. The zero-order chi connectivity index (χ0) is 13.0. The molecule has 100 valence electrons. The molecule has 0 saturated carbocycles. The summed E-state index contributed by atoms with van der Waals surface area (Å²) >= 11 is 10.7. The van der Waals surface area contributed by atoms with Crippen molar-refractivity contribution in [1.29, 1.82) is 0 Å². The van der Waals surface area contributed by atoms with E-state index in [9.17, 15) is 0 Å². The molecule has 1 aromatic heterocycles. The topological polar surface area (TPSA) is 18.5 Å². The molecule has 1 aliphatic rings. The van der Waals surface area contributed by atoms with Crippen LogP contribution in [-0.4, -0.2) is 47.6 Å². The van der Waals surface area contributed by atoms with Crippen molar-refractivity contribution in [2.45, 2.75) is 13.5 Å². The van der Waals surface area contributed by atoms with Gasteiger partial charge >= 0.3 is 0 Å². The number of nitrogens with zero attached hydrogens (tertiary/aromatic N) is 2. The second-order valence-electron chi connectivity index (χ2n) is 4.30. The fraction of sp³-hybridized carbons (Fsp3) is 0.583. The molecule has 0 spiro atoms. The van der Waals surface area contributed by atoms with E-state index in [1.54, 1.807) is 0 Å². The van der Waals surface area contributed by atoms with Crippen molar-refractivity contribution >= 4 is 44.6 Å². The molecule has 1 aromatic rings. The molecule has 1 saturated heterocycles. The van der Waals surface area contributed by atoms with Gasteiger partial charge in [0.05, 0.1) is 3.79 Å². The molecule has 3 nitrogen and oxygen atoms in total. The SMILES string of the molecule is CCNC(=S)N1CCN(Cc2ccc(Br)s2)CC1. The van der Waals surface area contributed by atoms with E-state index < -0.39 is 0 Å². The van der Waals surface area contributed by atoms with Gasteiger partial charge in [-0.05, 0) is 47.2 Å². The van der Waals surface area contributed by atoms with Gasteiger partial charge in [0, 0.05) is 44.1 Å². The summed E-state index contributed by atoms with van der Waals surface area (Å²) in [7, 11) is 0. The fourth-order valence-corrected chi connectivity index (χ4v) is 3.88. The highest BCUT2D eigenvalue weighted by Gasteiger charge is 2.18. The Labute approximate surface area is 126 Å². The van der Waals surface area contributed by atoms with Gasteiger partial charge in [0.15, 0.2) is 5.11 Å². The second-order valence-corrected chi connectivity index (χ2v) is 7.24. The Morgan fingerprint density at radius 3 is 2.67 bits per heavy atom. The van der Waals surface area contributed by atoms with Crippen LogP contribution in [0.15, 0.2) is 15.9 Å². The van der Waals surface area contributed by atoms with Gasteiger partial charge in [-0.1, -0.05) is 0 Å². The molecule has 18 heavy (non-hydrogen) atoms. The van der Waals surface area contributed by atoms with E-state index in [2.05, 4.69) is 50.1 Å². The van der Waals surface area contributed by atoms with Crippen LogP contribution in [0.4, 0.5) is 0 Å². The molecular weight excluding hydrogens is 330 g/mol. The Bertz CT molecular complexity index is 400. The van der Waals surface area contributed by atoms with Crippen LogP contribution in [0, 0.1) is 0 Å². The second kappa shape index (κ2) is 6.84. The van der Waals surface area contributed by atoms with Crippen LogP contribution in [0.2, 0.25) is 0 Å². The van der Waals surface area contributed by atoms with Gasteiger partial charge in [-0.3, -0.25) is 4.90 Å². The maximum atomic E-state index is 5.34. The van der Waals surface area contributed by atoms with Crippen LogP contribution < -0.4 is 5.32 Å². The summed E-state index contributed by atoms with van der Waals surface area (Å²) in [6.45, 7) is 8.26. The average molecular weight is 348 g/mol. The van der Waals surface area contributed by atoms with Gasteiger partial charge in [-0.2, -0.15) is 0 Å². The highest BCUT2D eigenvalue weighted by molar-refractivity contribution is 9.11. The molecule has 6 heteroatoms. The van der Waals surface area contributed by atoms with Crippen molar-refractivity contribution in [3.63, 3.8) is 0 Å². The lowest BCUT2D eigenvalue weighted by Crippen LogP contribution is -2.51. The highest BCUT2D eigenvalue weighted by Crippen LogP contribution is 2.23. The Morgan fingerprint density at radius 1 is 1.39 bits per heavy atom. The standard InChI is InChI=1S/C12H18BrN3S2/c1-2-14-12(17)16-7-5-15(6-8-16)9-10-3-4-11(13)18-10/h3-4H,2,5-9H2,1H3,(H,14,17). The first-order valence-corrected chi connectivity index (χ1v) is 8.20. The van der Waals surface area contributed by atoms with E-state index in [4.69, 9.17) is 12.2 Å². The minimum atomic E-state index is 0.899. The number of hydrogen-bond acceptors (Lipinski definition) is 3. The predicted octanol–water partition coefficient (Wildman–Crippen LogP) is 2.52. The number of thiocarbonyl (C=S) groups is 1. The molecule has 0 bridgehead atoms. The van der Waals surface area contributed by atoms with Crippen molar-refractivity contribution in [1.82, 2.24) is 15.1 Å². The predicted molar refractivity (Wildman–Crippen MR) is 85.1 cm³/mol. The third-order valence-corrected chi connectivity index (χ3v) is 5.01. The first kappa shape index (κ1) is 14.2. The van der Waals surface area contributed by atoms with Crippen LogP contribution in [0.25, 0.3) is 0 Å². The van der Waals surface area contributed by atoms with Crippen molar-refractivity contribution in [2.75, 3.05) is 32.7 Å². The van der Waals surface area contributed by atoms with Gasteiger partial charge in [-0.25, -0.2) is 0 Å². The van der Waals surface area contributed by atoms with Crippen LogP contribution >= 0.6 is 39.5 Å². The smallest absolute Gasteiger partial charge is 0.169 e. The van der Waals surface area contributed by atoms with Gasteiger partial charge in [-0.15, -0.1) is 11.3 Å². The number of halogens is 1. The minimum Gasteiger partial charge on any atom is -0.363 e. The Kier molecular flexibility index (Phi) is 5.41. The normalized spacial score (nSPS) is 16.9. The number of nitrogens with one attached hydrogen (secondary N) is 1. The number of rotatable bonds is 3. The third-order valence-electron chi connectivity index (χ3n) is 3.00. The summed E-state index contributed by atoms with van der Waals surface area (Å²) in [6.07, 6.45) is 0. The molecular formula is C12H18BrN3S2. The third kappa shape index (κ3) is 3.91. The van der Waals surface area contributed by atoms with E-state index in [-0.39, 0.29) is 0 Å². The average Bonchev–Trinajstić information content (AvgIpc) is 2.76. The van der Waals surface area contributed by atoms with E-state index >= 15 is 0 Å². The summed E-state index contributed by atoms with van der Waals surface area (Å²) < 4.78 is 1.21. The quantitative estimate of drug-likeness (QED) is 0.846. The largest absolute Gasteiger partial charge is 0.363 e. The summed E-state index contributed by atoms with van der Waals surface area (Å²) in [5.41, 5.74) is 0. The lowest BCUT2D eigenvalue weighted by atomic mass is 10.3. The molecule has 0 amide bonds. The van der Waals surface area contributed by atoms with E-state index in [1.807, 2.05) is 11.3 Å². The van der Waals surface area contributed by atoms with Gasteiger partial charge in [0.25, 0.3) is 0 Å². The fourth-order valence-electron chi connectivity index (χ4n) is 2.03. The molecule has 1 aliphatic heterocycles. The van der Waals surface area contributed by atoms with Gasteiger partial charge < -0.3 is 10.2 Å². The molecule has 0 atom stereocenters. The van der Waals surface area contributed by atoms with Crippen LogP contribution in [0.5, 0.6) is 0 Å². The van der Waals surface area contributed by atoms with Crippen molar-refractivity contribution in [3.8, 4) is 0 Å². The Balaban J connectivity index is 1.78. The molecule has 0 aliphatic carbocycles. The number of piperazine rings is 1. The van der Waals surface area contributed by atoms with E-state index in [0.29, 0.717) is 0 Å². The maximum absolute atomic E-state index is 5.34. The lowest BCUT2D eigenvalue weighted by Gasteiger charge is -2.35. The van der Waals surface area contributed by atoms with Gasteiger partial charge in [0.1, 0.15) is 0 Å². The van der Waals surface area contributed by atoms with E-state index in [1.165, 1.54) is 8.66 Å². The van der Waals surface area contributed by atoms with Gasteiger partial charge in [0.2, 0.25) is 0 Å². The molecule has 2 heterocycles. The monoisotopic (exact) mass is 347 g/mol. The Hall–Kier alpha value is -0.170. The highest BCUT2D eigenvalue weighted by atomic mass is 79.9. The number of thiophene rings is 1. The van der Waals surface area contributed by atoms with Crippen LogP contribution in [-0.2, 0) is 6.54 Å². The van der Waals surface area contributed by atoms with Crippen molar-refractivity contribution in [3.05, 3.63) is 20.8 Å². The molecule has 1 N–H and O–H groups in total. The van der Waals surface area contributed by atoms with Crippen molar-refractivity contribution in [2.24, 2.45) is 0 Å². The summed E-state index contributed by atoms with van der Waals surface area (Å²) in [6, 6.07) is 4.32. The first-order chi connectivity index (χ1) is 8.69. The minimum absolute atomic E-state index is 0.899. The molecule has 1 fully saturated rings. The molecule has 0 unspecified atom stereocenters. The zero-order valence-electron chi connectivity index (χ0n) is 10.5. The summed E-state index contributed by atoms with van der Waals surface area (Å²) in [5, 5.41) is 4.12. The summed E-state index contributed by atoms with van der Waals surface area (Å²) in [5.74, 6) is 0. The summed E-state index contributed by atoms with van der Waals surface area (Å²) in [4.78, 5) is 6.17.